The van der Waals surface area contributed by atoms with E-state index < -0.39 is 0 Å². The normalized spacial score (nSPS) is 22.2. The van der Waals surface area contributed by atoms with Crippen LogP contribution in [-0.2, 0) is 16.0 Å². The SMILES string of the molecule is O=C1CCNNNCC(Cc2ccccc2)C(=O)C1. The van der Waals surface area contributed by atoms with Crippen molar-refractivity contribution in [2.45, 2.75) is 19.3 Å². The van der Waals surface area contributed by atoms with Gasteiger partial charge in [0.15, 0.2) is 0 Å². The fourth-order valence-corrected chi connectivity index (χ4v) is 2.13. The molecule has 1 saturated heterocycles. The lowest BCUT2D eigenvalue weighted by Crippen LogP contribution is -2.48. The smallest absolute Gasteiger partial charge is 0.144 e. The highest BCUT2D eigenvalue weighted by Gasteiger charge is 2.21. The number of Topliss-reactive ketones (excluding diaryl/α,β-unsaturated/α-hetero) is 2. The molecule has 2 rings (SSSR count). The number of rotatable bonds is 2. The molecule has 0 spiro atoms. The third-order valence-electron chi connectivity index (χ3n) is 3.21. The molecule has 5 nitrogen and oxygen atoms in total. The lowest BCUT2D eigenvalue weighted by atomic mass is 9.92. The molecule has 1 aliphatic rings. The Balaban J connectivity index is 2.02. The predicted octanol–water partition coefficient (Wildman–Crippen LogP) is 0.376. The van der Waals surface area contributed by atoms with Gasteiger partial charge in [-0.3, -0.25) is 9.59 Å². The summed E-state index contributed by atoms with van der Waals surface area (Å²) in [6.45, 7) is 1.04. The van der Waals surface area contributed by atoms with Crippen molar-refractivity contribution in [2.75, 3.05) is 13.1 Å². The van der Waals surface area contributed by atoms with Crippen molar-refractivity contribution in [1.82, 2.24) is 16.4 Å². The van der Waals surface area contributed by atoms with Gasteiger partial charge < -0.3 is 0 Å². The third-order valence-corrected chi connectivity index (χ3v) is 3.21. The molecule has 1 heterocycles. The number of nitrogens with one attached hydrogen (secondary N) is 3. The molecule has 102 valence electrons. The van der Waals surface area contributed by atoms with Crippen LogP contribution in [0.4, 0.5) is 0 Å². The summed E-state index contributed by atoms with van der Waals surface area (Å²) in [4.78, 5) is 23.7. The second kappa shape index (κ2) is 7.13. The van der Waals surface area contributed by atoms with Crippen LogP contribution in [0.2, 0.25) is 0 Å². The van der Waals surface area contributed by atoms with Gasteiger partial charge in [-0.25, -0.2) is 10.9 Å². The molecule has 1 unspecified atom stereocenters. The van der Waals surface area contributed by atoms with E-state index in [1.54, 1.807) is 0 Å². The van der Waals surface area contributed by atoms with E-state index in [9.17, 15) is 9.59 Å². The van der Waals surface area contributed by atoms with Crippen LogP contribution < -0.4 is 16.4 Å². The standard InChI is InChI=1S/C14H19N3O2/c18-13-6-7-15-17-16-10-12(14(19)9-13)8-11-4-2-1-3-5-11/h1-5,12,15-17H,6-10H2. The highest BCUT2D eigenvalue weighted by molar-refractivity contribution is 6.00. The summed E-state index contributed by atoms with van der Waals surface area (Å²) >= 11 is 0. The highest BCUT2D eigenvalue weighted by Crippen LogP contribution is 2.12. The molecule has 1 aromatic rings. The molecule has 1 aliphatic heterocycles. The van der Waals surface area contributed by atoms with Crippen LogP contribution in [0.5, 0.6) is 0 Å². The Morgan fingerprint density at radius 3 is 2.68 bits per heavy atom. The molecule has 0 saturated carbocycles. The highest BCUT2D eigenvalue weighted by atomic mass is 16.1. The predicted molar refractivity (Wildman–Crippen MR) is 72.0 cm³/mol. The number of hydrogen-bond acceptors (Lipinski definition) is 5. The average Bonchev–Trinajstić information content (AvgIpc) is 2.41. The maximum atomic E-state index is 12.1. The van der Waals surface area contributed by atoms with Crippen LogP contribution in [0.25, 0.3) is 0 Å². The van der Waals surface area contributed by atoms with E-state index in [4.69, 9.17) is 0 Å². The molecule has 0 bridgehead atoms. The second-order valence-corrected chi connectivity index (χ2v) is 4.75. The van der Waals surface area contributed by atoms with Gasteiger partial charge in [-0.05, 0) is 12.0 Å². The number of ketones is 2. The van der Waals surface area contributed by atoms with Gasteiger partial charge in [0.05, 0.1) is 6.42 Å². The summed E-state index contributed by atoms with van der Waals surface area (Å²) in [6, 6.07) is 9.86. The molecule has 0 aromatic heterocycles. The summed E-state index contributed by atoms with van der Waals surface area (Å²) in [5.41, 5.74) is 9.79. The van der Waals surface area contributed by atoms with Crippen LogP contribution in [0.15, 0.2) is 30.3 Å². The second-order valence-electron chi connectivity index (χ2n) is 4.75. The van der Waals surface area contributed by atoms with E-state index in [1.807, 2.05) is 30.3 Å². The van der Waals surface area contributed by atoms with Gasteiger partial charge in [0.1, 0.15) is 11.6 Å². The fraction of sp³-hybridized carbons (Fsp3) is 0.429. The monoisotopic (exact) mass is 261 g/mol. The lowest BCUT2D eigenvalue weighted by molar-refractivity contribution is -0.129. The number of hydrazine groups is 2. The van der Waals surface area contributed by atoms with Crippen molar-refractivity contribution >= 4 is 11.6 Å². The van der Waals surface area contributed by atoms with E-state index in [0.717, 1.165) is 5.56 Å². The van der Waals surface area contributed by atoms with Crippen LogP contribution in [0.3, 0.4) is 0 Å². The fourth-order valence-electron chi connectivity index (χ4n) is 2.13. The zero-order chi connectivity index (χ0) is 13.5. The van der Waals surface area contributed by atoms with Gasteiger partial charge in [-0.1, -0.05) is 30.3 Å². The van der Waals surface area contributed by atoms with Crippen LogP contribution in [0, 0.1) is 5.92 Å². The van der Waals surface area contributed by atoms with Crippen molar-refractivity contribution in [1.29, 1.82) is 0 Å². The quantitative estimate of drug-likeness (QED) is 0.671. The van der Waals surface area contributed by atoms with E-state index >= 15 is 0 Å². The summed E-state index contributed by atoms with van der Waals surface area (Å²) in [5, 5.41) is 0. The Morgan fingerprint density at radius 1 is 1.11 bits per heavy atom. The van der Waals surface area contributed by atoms with E-state index in [1.165, 1.54) is 0 Å². The Morgan fingerprint density at radius 2 is 1.89 bits per heavy atom. The van der Waals surface area contributed by atoms with Gasteiger partial charge in [0.25, 0.3) is 0 Å². The topological polar surface area (TPSA) is 70.2 Å². The minimum absolute atomic E-state index is 0.000684. The van der Waals surface area contributed by atoms with Crippen molar-refractivity contribution < 1.29 is 9.59 Å². The summed E-state index contributed by atoms with van der Waals surface area (Å²) in [7, 11) is 0. The molecule has 0 radical (unpaired) electrons. The summed E-state index contributed by atoms with van der Waals surface area (Å²) in [6.07, 6.45) is 1.07. The average molecular weight is 261 g/mol. The van der Waals surface area contributed by atoms with Gasteiger partial charge in [-0.2, -0.15) is 5.53 Å². The van der Waals surface area contributed by atoms with Crippen molar-refractivity contribution in [3.8, 4) is 0 Å². The van der Waals surface area contributed by atoms with Crippen molar-refractivity contribution in [3.05, 3.63) is 35.9 Å². The van der Waals surface area contributed by atoms with Crippen LogP contribution in [-0.4, -0.2) is 24.7 Å². The van der Waals surface area contributed by atoms with Gasteiger partial charge >= 0.3 is 0 Å². The summed E-state index contributed by atoms with van der Waals surface area (Å²) in [5.74, 6) is -0.164. The molecule has 1 aromatic carbocycles. The Hall–Kier alpha value is -1.56. The van der Waals surface area contributed by atoms with E-state index in [2.05, 4.69) is 16.4 Å². The molecule has 5 heteroatoms. The largest absolute Gasteiger partial charge is 0.299 e. The molecular weight excluding hydrogens is 242 g/mol. The Labute approximate surface area is 112 Å². The zero-order valence-corrected chi connectivity index (χ0v) is 10.8. The third kappa shape index (κ3) is 4.55. The number of benzene rings is 1. The van der Waals surface area contributed by atoms with Crippen molar-refractivity contribution in [2.24, 2.45) is 5.92 Å². The maximum Gasteiger partial charge on any atom is 0.144 e. The van der Waals surface area contributed by atoms with Gasteiger partial charge in [-0.15, -0.1) is 0 Å². The number of hydrogen-bond donors (Lipinski definition) is 3. The summed E-state index contributed by atoms with van der Waals surface area (Å²) < 4.78 is 0. The lowest BCUT2D eigenvalue weighted by Gasteiger charge is -2.19. The number of carbonyl (C=O) groups excluding carboxylic acids is 2. The first kappa shape index (κ1) is 13.9. The van der Waals surface area contributed by atoms with E-state index in [0.29, 0.717) is 25.9 Å². The molecule has 19 heavy (non-hydrogen) atoms. The zero-order valence-electron chi connectivity index (χ0n) is 10.8. The molecule has 0 aliphatic carbocycles. The molecule has 1 atom stereocenters. The van der Waals surface area contributed by atoms with Gasteiger partial charge in [0, 0.05) is 25.4 Å². The molecule has 0 amide bonds. The maximum absolute atomic E-state index is 12.1. The Bertz CT molecular complexity index is 434. The van der Waals surface area contributed by atoms with Gasteiger partial charge in [0.2, 0.25) is 0 Å². The van der Waals surface area contributed by atoms with E-state index in [-0.39, 0.29) is 23.9 Å². The first-order valence-electron chi connectivity index (χ1n) is 6.55. The molecular formula is C14H19N3O2. The van der Waals surface area contributed by atoms with Crippen molar-refractivity contribution in [3.63, 3.8) is 0 Å². The molecule has 1 fully saturated rings. The first-order valence-corrected chi connectivity index (χ1v) is 6.55. The number of carbonyl (C=O) groups is 2. The van der Waals surface area contributed by atoms with Crippen LogP contribution >= 0.6 is 0 Å². The molecule has 3 N–H and O–H groups in total. The first-order chi connectivity index (χ1) is 9.25. The minimum Gasteiger partial charge on any atom is -0.299 e. The van der Waals surface area contributed by atoms with Crippen LogP contribution in [0.1, 0.15) is 18.4 Å². The minimum atomic E-state index is -0.182. The Kier molecular flexibility index (Phi) is 5.20.